The Morgan fingerprint density at radius 1 is 1.36 bits per heavy atom. The number of aliphatic hydroxyl groups excluding tert-OH is 1. The highest BCUT2D eigenvalue weighted by atomic mass is 35.5. The second kappa shape index (κ2) is 8.09. The minimum Gasteiger partial charge on any atom is -0.393 e. The molecule has 0 aliphatic rings. The van der Waals surface area contributed by atoms with Crippen molar-refractivity contribution in [2.24, 2.45) is 0 Å². The van der Waals surface area contributed by atoms with Gasteiger partial charge in [0.15, 0.2) is 0 Å². The van der Waals surface area contributed by atoms with Crippen molar-refractivity contribution in [2.45, 2.75) is 38.2 Å². The maximum atomic E-state index is 9.31. The molecule has 0 saturated carbocycles. The molecule has 0 spiro atoms. The minimum atomic E-state index is -0.159. The number of unbranched alkanes of at least 4 members (excludes halogenated alkanes) is 1. The van der Waals surface area contributed by atoms with Crippen molar-refractivity contribution in [3.63, 3.8) is 0 Å². The molecule has 0 radical (unpaired) electrons. The first-order chi connectivity index (χ1) is 5.31. The fourth-order valence-electron chi connectivity index (χ4n) is 0.955. The molecular weight excluding hydrogens is 160 g/mol. The van der Waals surface area contributed by atoms with Crippen molar-refractivity contribution in [1.82, 2.24) is 0 Å². The molecule has 1 atom stereocenters. The van der Waals surface area contributed by atoms with Crippen LogP contribution >= 0.6 is 11.6 Å². The van der Waals surface area contributed by atoms with Crippen LogP contribution in [0.2, 0.25) is 0 Å². The first kappa shape index (κ1) is 11.0. The van der Waals surface area contributed by atoms with Gasteiger partial charge in [-0.2, -0.15) is 0 Å². The van der Waals surface area contributed by atoms with Gasteiger partial charge in [0.1, 0.15) is 0 Å². The van der Waals surface area contributed by atoms with Crippen molar-refractivity contribution in [1.29, 1.82) is 0 Å². The Morgan fingerprint density at radius 2 is 2.00 bits per heavy atom. The van der Waals surface area contributed by atoms with E-state index >= 15 is 0 Å². The van der Waals surface area contributed by atoms with Crippen LogP contribution in [0.15, 0.2) is 12.7 Å². The number of allylic oxidation sites excluding steroid dienone is 1. The van der Waals surface area contributed by atoms with Gasteiger partial charge in [-0.05, 0) is 32.1 Å². The largest absolute Gasteiger partial charge is 0.393 e. The zero-order valence-electron chi connectivity index (χ0n) is 6.93. The standard InChI is InChI=1S/C9H17ClO/c1-2-3-4-6-9(11)7-5-8-10/h2,9,11H,1,3-8H2/t9-/m0/s1. The third-order valence-corrected chi connectivity index (χ3v) is 1.88. The van der Waals surface area contributed by atoms with Gasteiger partial charge in [0.05, 0.1) is 6.10 Å². The van der Waals surface area contributed by atoms with Crippen LogP contribution in [0.4, 0.5) is 0 Å². The Kier molecular flexibility index (Phi) is 8.08. The van der Waals surface area contributed by atoms with Crippen LogP contribution in [0.25, 0.3) is 0 Å². The molecule has 0 aliphatic carbocycles. The summed E-state index contributed by atoms with van der Waals surface area (Å²) in [6, 6.07) is 0. The second-order valence-electron chi connectivity index (χ2n) is 2.70. The van der Waals surface area contributed by atoms with E-state index in [0.717, 1.165) is 32.1 Å². The van der Waals surface area contributed by atoms with Gasteiger partial charge in [0.25, 0.3) is 0 Å². The van der Waals surface area contributed by atoms with Crippen LogP contribution in [0, 0.1) is 0 Å². The van der Waals surface area contributed by atoms with Gasteiger partial charge in [0, 0.05) is 5.88 Å². The summed E-state index contributed by atoms with van der Waals surface area (Å²) in [7, 11) is 0. The summed E-state index contributed by atoms with van der Waals surface area (Å²) < 4.78 is 0. The minimum absolute atomic E-state index is 0.159. The highest BCUT2D eigenvalue weighted by Gasteiger charge is 2.01. The Morgan fingerprint density at radius 3 is 2.55 bits per heavy atom. The highest BCUT2D eigenvalue weighted by Crippen LogP contribution is 2.07. The number of alkyl halides is 1. The molecule has 0 unspecified atom stereocenters. The summed E-state index contributed by atoms with van der Waals surface area (Å²) in [5.74, 6) is 0.651. The summed E-state index contributed by atoms with van der Waals surface area (Å²) >= 11 is 5.48. The lowest BCUT2D eigenvalue weighted by molar-refractivity contribution is 0.151. The molecule has 0 aromatic heterocycles. The first-order valence-corrected chi connectivity index (χ1v) is 4.69. The average Bonchev–Trinajstić information content (AvgIpc) is 2.01. The SMILES string of the molecule is C=CCCC[C@H](O)CCCCl. The number of rotatable bonds is 7. The van der Waals surface area contributed by atoms with E-state index in [9.17, 15) is 5.11 Å². The first-order valence-electron chi connectivity index (χ1n) is 4.16. The normalized spacial score (nSPS) is 12.9. The third-order valence-electron chi connectivity index (χ3n) is 1.62. The van der Waals surface area contributed by atoms with E-state index in [4.69, 9.17) is 11.6 Å². The number of hydrogen-bond acceptors (Lipinski definition) is 1. The molecule has 2 heteroatoms. The Labute approximate surface area is 74.1 Å². The van der Waals surface area contributed by atoms with Crippen molar-refractivity contribution in [3.8, 4) is 0 Å². The van der Waals surface area contributed by atoms with E-state index in [-0.39, 0.29) is 6.10 Å². The molecule has 0 saturated heterocycles. The van der Waals surface area contributed by atoms with Gasteiger partial charge in [-0.25, -0.2) is 0 Å². The van der Waals surface area contributed by atoms with Crippen LogP contribution in [-0.2, 0) is 0 Å². The molecule has 0 rings (SSSR count). The van der Waals surface area contributed by atoms with Crippen molar-refractivity contribution < 1.29 is 5.11 Å². The predicted molar refractivity (Wildman–Crippen MR) is 50.0 cm³/mol. The molecule has 1 N–H and O–H groups in total. The summed E-state index contributed by atoms with van der Waals surface area (Å²) in [6.07, 6.45) is 6.38. The van der Waals surface area contributed by atoms with Gasteiger partial charge >= 0.3 is 0 Å². The summed E-state index contributed by atoms with van der Waals surface area (Å²) in [5.41, 5.74) is 0. The molecule has 66 valence electrons. The van der Waals surface area contributed by atoms with E-state index in [1.165, 1.54) is 0 Å². The summed E-state index contributed by atoms with van der Waals surface area (Å²) in [4.78, 5) is 0. The summed E-state index contributed by atoms with van der Waals surface area (Å²) in [6.45, 7) is 3.62. The Hall–Kier alpha value is -0.0100. The van der Waals surface area contributed by atoms with Gasteiger partial charge < -0.3 is 5.11 Å². The van der Waals surface area contributed by atoms with Crippen LogP contribution in [-0.4, -0.2) is 17.1 Å². The fourth-order valence-corrected chi connectivity index (χ4v) is 1.11. The highest BCUT2D eigenvalue weighted by molar-refractivity contribution is 6.17. The van der Waals surface area contributed by atoms with Crippen molar-refractivity contribution in [2.75, 3.05) is 5.88 Å². The number of hydrogen-bond donors (Lipinski definition) is 1. The molecule has 0 fully saturated rings. The average molecular weight is 177 g/mol. The molecule has 1 nitrogen and oxygen atoms in total. The maximum Gasteiger partial charge on any atom is 0.0540 e. The second-order valence-corrected chi connectivity index (χ2v) is 3.08. The Balaban J connectivity index is 3.08. The van der Waals surface area contributed by atoms with E-state index in [1.54, 1.807) is 0 Å². The molecule has 11 heavy (non-hydrogen) atoms. The fraction of sp³-hybridized carbons (Fsp3) is 0.778. The molecule has 0 aromatic rings. The molecule has 0 amide bonds. The Bertz CT molecular complexity index is 93.6. The van der Waals surface area contributed by atoms with E-state index in [0.29, 0.717) is 5.88 Å². The molecule has 0 bridgehead atoms. The van der Waals surface area contributed by atoms with Crippen LogP contribution in [0.5, 0.6) is 0 Å². The molecule has 0 heterocycles. The van der Waals surface area contributed by atoms with Crippen molar-refractivity contribution >= 4 is 11.6 Å². The van der Waals surface area contributed by atoms with Crippen LogP contribution in [0.1, 0.15) is 32.1 Å². The van der Waals surface area contributed by atoms with Crippen LogP contribution < -0.4 is 0 Å². The molecular formula is C9H17ClO. The third kappa shape index (κ3) is 7.89. The number of halogens is 1. The quantitative estimate of drug-likeness (QED) is 0.359. The van der Waals surface area contributed by atoms with E-state index in [1.807, 2.05) is 6.08 Å². The lowest BCUT2D eigenvalue weighted by Gasteiger charge is -2.07. The van der Waals surface area contributed by atoms with E-state index < -0.39 is 0 Å². The lowest BCUT2D eigenvalue weighted by atomic mass is 10.1. The van der Waals surface area contributed by atoms with E-state index in [2.05, 4.69) is 6.58 Å². The topological polar surface area (TPSA) is 20.2 Å². The number of aliphatic hydroxyl groups is 1. The van der Waals surface area contributed by atoms with Crippen molar-refractivity contribution in [3.05, 3.63) is 12.7 Å². The lowest BCUT2D eigenvalue weighted by Crippen LogP contribution is -2.05. The maximum absolute atomic E-state index is 9.31. The van der Waals surface area contributed by atoms with Gasteiger partial charge in [-0.1, -0.05) is 6.08 Å². The summed E-state index contributed by atoms with van der Waals surface area (Å²) in [5, 5.41) is 9.31. The van der Waals surface area contributed by atoms with Gasteiger partial charge in [-0.3, -0.25) is 0 Å². The predicted octanol–water partition coefficient (Wildman–Crippen LogP) is 2.72. The molecule has 0 aliphatic heterocycles. The van der Waals surface area contributed by atoms with Crippen LogP contribution in [0.3, 0.4) is 0 Å². The molecule has 0 aromatic carbocycles. The van der Waals surface area contributed by atoms with Gasteiger partial charge in [-0.15, -0.1) is 18.2 Å². The smallest absolute Gasteiger partial charge is 0.0540 e. The van der Waals surface area contributed by atoms with Gasteiger partial charge in [0.2, 0.25) is 0 Å². The zero-order chi connectivity index (χ0) is 8.53. The zero-order valence-corrected chi connectivity index (χ0v) is 7.69. The monoisotopic (exact) mass is 176 g/mol.